The van der Waals surface area contributed by atoms with Crippen molar-refractivity contribution >= 4 is 23.0 Å². The number of hydrogen-bond donors (Lipinski definition) is 3. The molecule has 122 valence electrons. The lowest BCUT2D eigenvalue weighted by Crippen LogP contribution is -3.16. The molecule has 0 spiro atoms. The van der Waals surface area contributed by atoms with E-state index in [0.29, 0.717) is 5.54 Å². The first kappa shape index (κ1) is 17.2. The Balaban J connectivity index is 1.92. The van der Waals surface area contributed by atoms with Crippen LogP contribution in [0.1, 0.15) is 43.2 Å². The van der Waals surface area contributed by atoms with Gasteiger partial charge in [-0.25, -0.2) is 0 Å². The summed E-state index contributed by atoms with van der Waals surface area (Å²) >= 11 is 5.49. The Morgan fingerprint density at radius 3 is 2.41 bits per heavy atom. The number of benzene rings is 1. The molecule has 3 N–H and O–H groups in total. The van der Waals surface area contributed by atoms with Crippen LogP contribution in [0.3, 0.4) is 0 Å². The molecule has 2 rings (SSSR count). The molecule has 0 heterocycles. The van der Waals surface area contributed by atoms with Crippen molar-refractivity contribution in [3.8, 4) is 0 Å². The lowest BCUT2D eigenvalue weighted by atomic mass is 9.80. The van der Waals surface area contributed by atoms with Crippen molar-refractivity contribution in [2.75, 3.05) is 26.0 Å². The highest BCUT2D eigenvalue weighted by atomic mass is 32.1. The van der Waals surface area contributed by atoms with Crippen LogP contribution in [0.4, 0.5) is 5.69 Å². The van der Waals surface area contributed by atoms with Gasteiger partial charge in [-0.05, 0) is 62.2 Å². The van der Waals surface area contributed by atoms with Crippen LogP contribution in [0, 0.1) is 13.8 Å². The van der Waals surface area contributed by atoms with Gasteiger partial charge in [0.15, 0.2) is 5.11 Å². The molecule has 0 radical (unpaired) electrons. The zero-order valence-corrected chi connectivity index (χ0v) is 15.2. The van der Waals surface area contributed by atoms with Gasteiger partial charge in [0.2, 0.25) is 0 Å². The Labute approximate surface area is 140 Å². The number of nitrogens with one attached hydrogen (secondary N) is 3. The van der Waals surface area contributed by atoms with Crippen LogP contribution < -0.4 is 15.5 Å². The normalized spacial score (nSPS) is 17.3. The topological polar surface area (TPSA) is 28.5 Å². The Morgan fingerprint density at radius 2 is 1.82 bits per heavy atom. The summed E-state index contributed by atoms with van der Waals surface area (Å²) in [6, 6.07) is 6.37. The Kier molecular flexibility index (Phi) is 5.81. The minimum Gasteiger partial charge on any atom is -0.356 e. The van der Waals surface area contributed by atoms with Gasteiger partial charge in [-0.3, -0.25) is 0 Å². The van der Waals surface area contributed by atoms with E-state index in [1.54, 1.807) is 0 Å². The molecular weight excluding hydrogens is 290 g/mol. The Hall–Kier alpha value is -1.13. The summed E-state index contributed by atoms with van der Waals surface area (Å²) in [7, 11) is 4.54. The van der Waals surface area contributed by atoms with Crippen molar-refractivity contribution in [2.45, 2.75) is 51.5 Å². The number of rotatable bonds is 4. The van der Waals surface area contributed by atoms with Gasteiger partial charge in [-0.1, -0.05) is 12.5 Å². The van der Waals surface area contributed by atoms with E-state index < -0.39 is 0 Å². The van der Waals surface area contributed by atoms with Crippen molar-refractivity contribution in [3.63, 3.8) is 0 Å². The molecule has 0 saturated heterocycles. The number of thiocarbonyl (C=S) groups is 1. The number of likely N-dealkylation sites (N-methyl/N-ethyl adjacent to an activating group) is 1. The molecule has 0 unspecified atom stereocenters. The summed E-state index contributed by atoms with van der Waals surface area (Å²) in [4.78, 5) is 1.54. The predicted molar refractivity (Wildman–Crippen MR) is 98.8 cm³/mol. The van der Waals surface area contributed by atoms with Crippen LogP contribution in [0.2, 0.25) is 0 Å². The standard InChI is InChI=1S/C18H29N3S/c1-14-8-9-16(12-15(14)2)20-17(22)19-13-18(21(3)4)10-6-5-7-11-18/h8-9,12H,5-7,10-11,13H2,1-4H3,(H2,19,20,22)/p+1. The summed E-state index contributed by atoms with van der Waals surface area (Å²) in [6.45, 7) is 5.21. The summed E-state index contributed by atoms with van der Waals surface area (Å²) in [5.41, 5.74) is 3.99. The Morgan fingerprint density at radius 1 is 1.14 bits per heavy atom. The van der Waals surface area contributed by atoms with E-state index in [9.17, 15) is 0 Å². The van der Waals surface area contributed by atoms with Gasteiger partial charge in [0.1, 0.15) is 5.54 Å². The highest BCUT2D eigenvalue weighted by Gasteiger charge is 2.37. The fourth-order valence-corrected chi connectivity index (χ4v) is 3.52. The van der Waals surface area contributed by atoms with Crippen LogP contribution in [0.25, 0.3) is 0 Å². The maximum absolute atomic E-state index is 5.49. The van der Waals surface area contributed by atoms with E-state index in [1.807, 2.05) is 0 Å². The molecule has 0 bridgehead atoms. The molecule has 1 fully saturated rings. The average Bonchev–Trinajstić information content (AvgIpc) is 2.50. The van der Waals surface area contributed by atoms with Gasteiger partial charge < -0.3 is 15.5 Å². The molecular formula is C18H30N3S+. The highest BCUT2D eigenvalue weighted by molar-refractivity contribution is 7.80. The van der Waals surface area contributed by atoms with Gasteiger partial charge in [0.25, 0.3) is 0 Å². The molecule has 22 heavy (non-hydrogen) atoms. The first-order valence-electron chi connectivity index (χ1n) is 8.36. The molecule has 0 atom stereocenters. The summed E-state index contributed by atoms with van der Waals surface area (Å²) < 4.78 is 0. The lowest BCUT2D eigenvalue weighted by Gasteiger charge is -2.40. The van der Waals surface area contributed by atoms with Gasteiger partial charge in [0.05, 0.1) is 20.6 Å². The zero-order chi connectivity index (χ0) is 16.2. The summed E-state index contributed by atoms with van der Waals surface area (Å²) in [5, 5.41) is 7.50. The van der Waals surface area contributed by atoms with E-state index >= 15 is 0 Å². The summed E-state index contributed by atoms with van der Waals surface area (Å²) in [5.74, 6) is 0. The van der Waals surface area contributed by atoms with E-state index in [4.69, 9.17) is 12.2 Å². The van der Waals surface area contributed by atoms with Crippen LogP contribution in [0.15, 0.2) is 18.2 Å². The third-order valence-electron chi connectivity index (χ3n) is 5.22. The van der Waals surface area contributed by atoms with E-state index in [1.165, 1.54) is 48.1 Å². The van der Waals surface area contributed by atoms with Gasteiger partial charge in [0, 0.05) is 18.5 Å². The molecule has 1 aliphatic carbocycles. The summed E-state index contributed by atoms with van der Waals surface area (Å²) in [6.07, 6.45) is 6.62. The second-order valence-corrected chi connectivity index (χ2v) is 7.36. The van der Waals surface area contributed by atoms with Crippen molar-refractivity contribution in [3.05, 3.63) is 29.3 Å². The average molecular weight is 321 g/mol. The molecule has 0 aliphatic heterocycles. The van der Waals surface area contributed by atoms with E-state index in [0.717, 1.165) is 17.3 Å². The molecule has 3 nitrogen and oxygen atoms in total. The monoisotopic (exact) mass is 320 g/mol. The number of aryl methyl sites for hydroxylation is 2. The van der Waals surface area contributed by atoms with Crippen LogP contribution in [0.5, 0.6) is 0 Å². The Bertz CT molecular complexity index is 519. The minimum atomic E-state index is 0.327. The maximum Gasteiger partial charge on any atom is 0.171 e. The molecule has 1 aliphatic rings. The molecule has 1 aromatic rings. The van der Waals surface area contributed by atoms with E-state index in [-0.39, 0.29) is 0 Å². The van der Waals surface area contributed by atoms with Crippen LogP contribution >= 0.6 is 12.2 Å². The third-order valence-corrected chi connectivity index (χ3v) is 5.47. The second-order valence-electron chi connectivity index (χ2n) is 6.95. The SMILES string of the molecule is Cc1ccc(NC(=S)NCC2([NH+](C)C)CCCCC2)cc1C. The number of anilines is 1. The van der Waals surface area contributed by atoms with Crippen LogP contribution in [-0.4, -0.2) is 31.3 Å². The number of hydrogen-bond acceptors (Lipinski definition) is 1. The smallest absolute Gasteiger partial charge is 0.171 e. The second kappa shape index (κ2) is 7.42. The van der Waals surface area contributed by atoms with E-state index in [2.05, 4.69) is 56.8 Å². The number of quaternary nitrogens is 1. The first-order chi connectivity index (χ1) is 10.4. The first-order valence-corrected chi connectivity index (χ1v) is 8.76. The van der Waals surface area contributed by atoms with Crippen molar-refractivity contribution in [1.82, 2.24) is 5.32 Å². The quantitative estimate of drug-likeness (QED) is 0.744. The zero-order valence-electron chi connectivity index (χ0n) is 14.4. The van der Waals surface area contributed by atoms with Crippen molar-refractivity contribution < 1.29 is 4.90 Å². The maximum atomic E-state index is 5.49. The highest BCUT2D eigenvalue weighted by Crippen LogP contribution is 2.25. The third kappa shape index (κ3) is 4.20. The fourth-order valence-electron chi connectivity index (χ4n) is 3.33. The molecule has 0 amide bonds. The minimum absolute atomic E-state index is 0.327. The molecule has 4 heteroatoms. The van der Waals surface area contributed by atoms with Crippen molar-refractivity contribution in [2.24, 2.45) is 0 Å². The molecule has 1 aromatic carbocycles. The van der Waals surface area contributed by atoms with Gasteiger partial charge >= 0.3 is 0 Å². The van der Waals surface area contributed by atoms with Crippen LogP contribution in [-0.2, 0) is 0 Å². The van der Waals surface area contributed by atoms with Gasteiger partial charge in [-0.2, -0.15) is 0 Å². The predicted octanol–water partition coefficient (Wildman–Crippen LogP) is 2.44. The lowest BCUT2D eigenvalue weighted by molar-refractivity contribution is -0.916. The molecule has 0 aromatic heterocycles. The largest absolute Gasteiger partial charge is 0.356 e. The fraction of sp³-hybridized carbons (Fsp3) is 0.611. The molecule has 1 saturated carbocycles. The van der Waals surface area contributed by atoms with Crippen molar-refractivity contribution in [1.29, 1.82) is 0 Å². The van der Waals surface area contributed by atoms with Gasteiger partial charge in [-0.15, -0.1) is 0 Å².